The molecule has 0 saturated carbocycles. The summed E-state index contributed by atoms with van der Waals surface area (Å²) < 4.78 is 68.1. The Labute approximate surface area is 524 Å². The van der Waals surface area contributed by atoms with Crippen LogP contribution in [0.2, 0.25) is 0 Å². The van der Waals surface area contributed by atoms with Crippen LogP contribution in [0.4, 0.5) is 0 Å². The third kappa shape index (κ3) is 58.4. The van der Waals surface area contributed by atoms with Crippen LogP contribution in [-0.4, -0.2) is 96.7 Å². The number of hydrogen-bond acceptors (Lipinski definition) is 15. The van der Waals surface area contributed by atoms with Gasteiger partial charge in [0.05, 0.1) is 26.4 Å². The van der Waals surface area contributed by atoms with E-state index in [9.17, 15) is 43.2 Å². The largest absolute Gasteiger partial charge is 0.472 e. The maximum atomic E-state index is 13.0. The highest BCUT2D eigenvalue weighted by atomic mass is 31.2. The van der Waals surface area contributed by atoms with E-state index in [4.69, 9.17) is 37.0 Å². The Bertz CT molecular complexity index is 1700. The summed E-state index contributed by atoms with van der Waals surface area (Å²) in [5, 5.41) is 10.6. The van der Waals surface area contributed by atoms with Crippen LogP contribution in [0.3, 0.4) is 0 Å². The number of hydrogen-bond donors (Lipinski definition) is 3. The standard InChI is InChI=1S/C67H130O17P2/c1-8-11-12-13-14-27-34-41-48-64(69)77-54-62(84-67(72)51-44-37-30-23-22-26-33-40-47-60(7)10-3)56-81-85(73,74)79-52-61(68)53-80-86(75,76)82-57-63(55-78-65(70)49-42-35-28-21-17-18-24-31-38-45-58(4)5)83-66(71)50-43-36-29-20-16-15-19-25-32-39-46-59(6)9-2/h58-63,68H,8-57H2,1-7H3,(H,73,74)(H,75,76)/t59?,60?,61-,62+,63+/m0/s1. The second-order valence-electron chi connectivity index (χ2n) is 25.2. The Morgan fingerprint density at radius 1 is 0.337 bits per heavy atom. The van der Waals surface area contributed by atoms with Crippen LogP contribution in [0, 0.1) is 17.8 Å². The number of unbranched alkanes of at least 4 members (excludes halogenated alkanes) is 31. The zero-order valence-electron chi connectivity index (χ0n) is 55.8. The fraction of sp³-hybridized carbons (Fsp3) is 0.940. The molecule has 4 unspecified atom stereocenters. The average Bonchev–Trinajstić information content (AvgIpc) is 3.70. The van der Waals surface area contributed by atoms with Gasteiger partial charge in [-0.15, -0.1) is 0 Å². The van der Waals surface area contributed by atoms with E-state index in [0.29, 0.717) is 25.7 Å². The van der Waals surface area contributed by atoms with Crippen molar-refractivity contribution in [2.75, 3.05) is 39.6 Å². The number of aliphatic hydroxyl groups is 1. The molecule has 7 atom stereocenters. The lowest BCUT2D eigenvalue weighted by Gasteiger charge is -2.21. The zero-order chi connectivity index (χ0) is 63.8. The lowest BCUT2D eigenvalue weighted by atomic mass is 9.99. The Balaban J connectivity index is 5.25. The molecule has 0 aromatic heterocycles. The highest BCUT2D eigenvalue weighted by Gasteiger charge is 2.30. The molecule has 19 heteroatoms. The molecule has 0 saturated heterocycles. The molecular weight excluding hydrogens is 1140 g/mol. The lowest BCUT2D eigenvalue weighted by molar-refractivity contribution is -0.161. The van der Waals surface area contributed by atoms with E-state index in [1.54, 1.807) is 0 Å². The summed E-state index contributed by atoms with van der Waals surface area (Å²) in [7, 11) is -9.89. The van der Waals surface area contributed by atoms with E-state index >= 15 is 0 Å². The monoisotopic (exact) mass is 1270 g/mol. The van der Waals surface area contributed by atoms with Gasteiger partial charge in [0, 0.05) is 25.7 Å². The molecule has 0 radical (unpaired) electrons. The molecule has 0 fully saturated rings. The van der Waals surface area contributed by atoms with Gasteiger partial charge in [0.15, 0.2) is 12.2 Å². The number of phosphoric acid groups is 2. The number of esters is 4. The van der Waals surface area contributed by atoms with E-state index in [2.05, 4.69) is 48.5 Å². The molecule has 86 heavy (non-hydrogen) atoms. The summed E-state index contributed by atoms with van der Waals surface area (Å²) in [5.74, 6) is 0.182. The smallest absolute Gasteiger partial charge is 0.462 e. The maximum absolute atomic E-state index is 13.0. The molecule has 0 spiro atoms. The van der Waals surface area contributed by atoms with Gasteiger partial charge < -0.3 is 33.8 Å². The van der Waals surface area contributed by atoms with Crippen molar-refractivity contribution in [2.24, 2.45) is 17.8 Å². The number of carbonyl (C=O) groups excluding carboxylic acids is 4. The van der Waals surface area contributed by atoms with Gasteiger partial charge >= 0.3 is 39.5 Å². The molecule has 0 heterocycles. The number of aliphatic hydroxyl groups excluding tert-OH is 1. The minimum atomic E-state index is -4.95. The highest BCUT2D eigenvalue weighted by Crippen LogP contribution is 2.45. The van der Waals surface area contributed by atoms with Gasteiger partial charge in [0.25, 0.3) is 0 Å². The first-order chi connectivity index (χ1) is 41.3. The van der Waals surface area contributed by atoms with Crippen LogP contribution in [0.1, 0.15) is 331 Å². The van der Waals surface area contributed by atoms with Crippen LogP contribution in [0.5, 0.6) is 0 Å². The van der Waals surface area contributed by atoms with Crippen molar-refractivity contribution in [1.82, 2.24) is 0 Å². The molecule has 0 rings (SSSR count). The van der Waals surface area contributed by atoms with Crippen LogP contribution in [0.15, 0.2) is 0 Å². The second-order valence-corrected chi connectivity index (χ2v) is 28.1. The normalized spacial score (nSPS) is 14.9. The predicted molar refractivity (Wildman–Crippen MR) is 344 cm³/mol. The van der Waals surface area contributed by atoms with Crippen molar-refractivity contribution in [3.8, 4) is 0 Å². The van der Waals surface area contributed by atoms with Gasteiger partial charge in [-0.05, 0) is 43.4 Å². The molecule has 0 aromatic rings. The first-order valence-corrected chi connectivity index (χ1v) is 37.9. The van der Waals surface area contributed by atoms with E-state index in [1.165, 1.54) is 135 Å². The topological polar surface area (TPSA) is 237 Å². The molecule has 0 aliphatic carbocycles. The van der Waals surface area contributed by atoms with Crippen molar-refractivity contribution < 1.29 is 80.2 Å². The van der Waals surface area contributed by atoms with Gasteiger partial charge in [-0.25, -0.2) is 9.13 Å². The van der Waals surface area contributed by atoms with Crippen LogP contribution >= 0.6 is 15.6 Å². The zero-order valence-corrected chi connectivity index (χ0v) is 57.6. The van der Waals surface area contributed by atoms with Gasteiger partial charge in [0.1, 0.15) is 19.3 Å². The molecule has 17 nitrogen and oxygen atoms in total. The van der Waals surface area contributed by atoms with E-state index in [-0.39, 0.29) is 25.7 Å². The Kier molecular flexibility index (Phi) is 56.9. The van der Waals surface area contributed by atoms with Crippen molar-refractivity contribution >= 4 is 39.5 Å². The quantitative estimate of drug-likeness (QED) is 0.0222. The number of phosphoric ester groups is 2. The molecule has 0 aliphatic heterocycles. The Morgan fingerprint density at radius 2 is 0.593 bits per heavy atom. The van der Waals surface area contributed by atoms with Crippen molar-refractivity contribution in [2.45, 2.75) is 349 Å². The molecular formula is C67H130O17P2. The minimum absolute atomic E-state index is 0.104. The summed E-state index contributed by atoms with van der Waals surface area (Å²) in [4.78, 5) is 72.3. The fourth-order valence-corrected chi connectivity index (χ4v) is 11.5. The van der Waals surface area contributed by atoms with Gasteiger partial charge in [-0.1, -0.05) is 280 Å². The minimum Gasteiger partial charge on any atom is -0.462 e. The van der Waals surface area contributed by atoms with E-state index in [1.807, 2.05) is 0 Å². The Morgan fingerprint density at radius 3 is 0.884 bits per heavy atom. The average molecular weight is 1270 g/mol. The first-order valence-electron chi connectivity index (χ1n) is 34.9. The Hall–Kier alpha value is -1.94. The SMILES string of the molecule is CCCCCCCCCCC(=O)OC[C@H](COP(=O)(O)OC[C@H](O)COP(=O)(O)OC[C@@H](COC(=O)CCCCCCCCCCCC(C)C)OC(=O)CCCCCCCCCCCCC(C)CC)OC(=O)CCCCCCCCCCC(C)CC. The van der Waals surface area contributed by atoms with Gasteiger partial charge in [0.2, 0.25) is 0 Å². The lowest BCUT2D eigenvalue weighted by Crippen LogP contribution is -2.30. The summed E-state index contributed by atoms with van der Waals surface area (Å²) in [6.07, 6.45) is 40.2. The first kappa shape index (κ1) is 84.1. The molecule has 0 aromatic carbocycles. The number of carbonyl (C=O) groups is 4. The van der Waals surface area contributed by atoms with Crippen molar-refractivity contribution in [3.63, 3.8) is 0 Å². The fourth-order valence-electron chi connectivity index (χ4n) is 9.95. The molecule has 510 valence electrons. The van der Waals surface area contributed by atoms with Crippen LogP contribution in [0.25, 0.3) is 0 Å². The van der Waals surface area contributed by atoms with Crippen LogP contribution < -0.4 is 0 Å². The molecule has 0 aliphatic rings. The molecule has 0 amide bonds. The molecule has 0 bridgehead atoms. The maximum Gasteiger partial charge on any atom is 0.472 e. The summed E-state index contributed by atoms with van der Waals surface area (Å²) in [5.41, 5.74) is 0. The van der Waals surface area contributed by atoms with Crippen molar-refractivity contribution in [3.05, 3.63) is 0 Å². The number of rotatable bonds is 65. The summed E-state index contributed by atoms with van der Waals surface area (Å²) in [6.45, 7) is 11.8. The molecule has 3 N–H and O–H groups in total. The van der Waals surface area contributed by atoms with E-state index in [0.717, 1.165) is 114 Å². The summed E-state index contributed by atoms with van der Waals surface area (Å²) in [6, 6.07) is 0. The number of ether oxygens (including phenoxy) is 4. The predicted octanol–water partition coefficient (Wildman–Crippen LogP) is 18.7. The third-order valence-electron chi connectivity index (χ3n) is 16.1. The summed E-state index contributed by atoms with van der Waals surface area (Å²) >= 11 is 0. The highest BCUT2D eigenvalue weighted by molar-refractivity contribution is 7.47. The van der Waals surface area contributed by atoms with Crippen molar-refractivity contribution in [1.29, 1.82) is 0 Å². The van der Waals surface area contributed by atoms with Gasteiger partial charge in [-0.3, -0.25) is 37.3 Å². The van der Waals surface area contributed by atoms with Gasteiger partial charge in [-0.2, -0.15) is 0 Å². The van der Waals surface area contributed by atoms with Crippen LogP contribution in [-0.2, 0) is 65.4 Å². The third-order valence-corrected chi connectivity index (χ3v) is 18.0. The van der Waals surface area contributed by atoms with E-state index < -0.39 is 97.5 Å². The second kappa shape index (κ2) is 58.2.